The first-order valence-electron chi connectivity index (χ1n) is 7.12. The lowest BCUT2D eigenvalue weighted by atomic mass is 9.76. The van der Waals surface area contributed by atoms with Crippen molar-refractivity contribution in [3.63, 3.8) is 0 Å². The van der Waals surface area contributed by atoms with Crippen molar-refractivity contribution in [2.75, 3.05) is 6.54 Å². The predicted molar refractivity (Wildman–Crippen MR) is 84.1 cm³/mol. The standard InChI is InChI=1S/C16H19ClN4/c1-3-4-9-16(10-18-2,11-21-13-19-12-20-21)14-5-7-15(17)8-6-14/h5-8,12-13H,3-4,9-11H2,1H3. The third-order valence-electron chi connectivity index (χ3n) is 3.78. The van der Waals surface area contributed by atoms with E-state index in [1.165, 1.54) is 6.33 Å². The Hall–Kier alpha value is -1.86. The average molecular weight is 303 g/mol. The van der Waals surface area contributed by atoms with Crippen LogP contribution in [-0.4, -0.2) is 21.3 Å². The van der Waals surface area contributed by atoms with Gasteiger partial charge in [0, 0.05) is 5.02 Å². The SMILES string of the molecule is [C-]#[N+]CC(CCCC)(Cn1cncn1)c1ccc(Cl)cc1. The zero-order valence-corrected chi connectivity index (χ0v) is 12.9. The maximum atomic E-state index is 7.37. The summed E-state index contributed by atoms with van der Waals surface area (Å²) in [5, 5.41) is 4.93. The molecule has 0 aliphatic carbocycles. The lowest BCUT2D eigenvalue weighted by Crippen LogP contribution is -2.35. The van der Waals surface area contributed by atoms with E-state index in [2.05, 4.69) is 21.9 Å². The highest BCUT2D eigenvalue weighted by Gasteiger charge is 2.36. The summed E-state index contributed by atoms with van der Waals surface area (Å²) >= 11 is 6.00. The summed E-state index contributed by atoms with van der Waals surface area (Å²) in [5.41, 5.74) is 0.905. The van der Waals surface area contributed by atoms with E-state index in [4.69, 9.17) is 18.2 Å². The number of rotatable bonds is 7. The van der Waals surface area contributed by atoms with Crippen molar-refractivity contribution in [2.45, 2.75) is 38.1 Å². The third-order valence-corrected chi connectivity index (χ3v) is 4.03. The third kappa shape index (κ3) is 3.83. The van der Waals surface area contributed by atoms with Crippen molar-refractivity contribution >= 4 is 11.6 Å². The van der Waals surface area contributed by atoms with Gasteiger partial charge < -0.3 is 4.85 Å². The Morgan fingerprint density at radius 2 is 2.10 bits per heavy atom. The molecule has 5 heteroatoms. The molecule has 2 aromatic rings. The summed E-state index contributed by atoms with van der Waals surface area (Å²) in [6, 6.07) is 7.84. The number of halogens is 1. The topological polar surface area (TPSA) is 35.1 Å². The summed E-state index contributed by atoms with van der Waals surface area (Å²) in [6.07, 6.45) is 6.37. The smallest absolute Gasteiger partial charge is 0.226 e. The van der Waals surface area contributed by atoms with Crippen LogP contribution < -0.4 is 0 Å². The van der Waals surface area contributed by atoms with E-state index >= 15 is 0 Å². The molecule has 0 saturated heterocycles. The first-order chi connectivity index (χ1) is 10.2. The van der Waals surface area contributed by atoms with Crippen molar-refractivity contribution in [2.24, 2.45) is 0 Å². The lowest BCUT2D eigenvalue weighted by molar-refractivity contribution is 0.333. The van der Waals surface area contributed by atoms with Crippen LogP contribution in [0.1, 0.15) is 31.7 Å². The fourth-order valence-corrected chi connectivity index (χ4v) is 2.76. The molecule has 0 amide bonds. The fourth-order valence-electron chi connectivity index (χ4n) is 2.63. The molecule has 0 aliphatic heterocycles. The quantitative estimate of drug-likeness (QED) is 0.725. The average Bonchev–Trinajstić information content (AvgIpc) is 2.98. The summed E-state index contributed by atoms with van der Waals surface area (Å²) in [5.74, 6) is 0. The Balaban J connectivity index is 2.38. The molecule has 0 N–H and O–H groups in total. The lowest BCUT2D eigenvalue weighted by Gasteiger charge is -2.29. The summed E-state index contributed by atoms with van der Waals surface area (Å²) in [6.45, 7) is 10.6. The molecule has 0 aliphatic rings. The van der Waals surface area contributed by atoms with Crippen LogP contribution in [0, 0.1) is 6.57 Å². The zero-order valence-electron chi connectivity index (χ0n) is 12.2. The maximum absolute atomic E-state index is 7.37. The minimum atomic E-state index is -0.240. The highest BCUT2D eigenvalue weighted by Crippen LogP contribution is 2.33. The number of hydrogen-bond donors (Lipinski definition) is 0. The van der Waals surface area contributed by atoms with Crippen LogP contribution in [0.5, 0.6) is 0 Å². The highest BCUT2D eigenvalue weighted by atomic mass is 35.5. The van der Waals surface area contributed by atoms with Gasteiger partial charge in [-0.05, 0) is 24.1 Å². The number of benzene rings is 1. The molecule has 0 fully saturated rings. The molecular formula is C16H19ClN4. The molecule has 4 nitrogen and oxygen atoms in total. The number of hydrogen-bond acceptors (Lipinski definition) is 2. The Bertz CT molecular complexity index is 586. The van der Waals surface area contributed by atoms with Gasteiger partial charge >= 0.3 is 0 Å². The van der Waals surface area contributed by atoms with E-state index < -0.39 is 0 Å². The summed E-state index contributed by atoms with van der Waals surface area (Å²) in [7, 11) is 0. The maximum Gasteiger partial charge on any atom is 0.226 e. The summed E-state index contributed by atoms with van der Waals surface area (Å²) < 4.78 is 1.81. The molecule has 1 aromatic carbocycles. The molecule has 0 spiro atoms. The van der Waals surface area contributed by atoms with Gasteiger partial charge in [-0.2, -0.15) is 5.10 Å². The molecule has 110 valence electrons. The monoisotopic (exact) mass is 302 g/mol. The van der Waals surface area contributed by atoms with E-state index in [0.717, 1.165) is 24.8 Å². The first kappa shape index (κ1) is 15.5. The van der Waals surface area contributed by atoms with Crippen LogP contribution in [-0.2, 0) is 12.0 Å². The van der Waals surface area contributed by atoms with Crippen LogP contribution in [0.15, 0.2) is 36.9 Å². The Kier molecular flexibility index (Phi) is 5.35. The summed E-state index contributed by atoms with van der Waals surface area (Å²) in [4.78, 5) is 7.70. The van der Waals surface area contributed by atoms with Gasteiger partial charge in [-0.15, -0.1) is 0 Å². The Morgan fingerprint density at radius 3 is 2.67 bits per heavy atom. The van der Waals surface area contributed by atoms with Crippen LogP contribution in [0.4, 0.5) is 0 Å². The van der Waals surface area contributed by atoms with E-state index in [9.17, 15) is 0 Å². The van der Waals surface area contributed by atoms with Crippen LogP contribution in [0.2, 0.25) is 5.02 Å². The molecule has 2 rings (SSSR count). The van der Waals surface area contributed by atoms with Crippen molar-refractivity contribution in [3.05, 3.63) is 58.9 Å². The molecule has 1 unspecified atom stereocenters. The van der Waals surface area contributed by atoms with Gasteiger partial charge in [0.15, 0.2) is 0 Å². The largest absolute Gasteiger partial charge is 0.316 e. The molecular weight excluding hydrogens is 284 g/mol. The second-order valence-corrected chi connectivity index (χ2v) is 5.74. The molecule has 1 aromatic heterocycles. The zero-order chi connectivity index (χ0) is 15.1. The van der Waals surface area contributed by atoms with Gasteiger partial charge in [-0.1, -0.05) is 43.5 Å². The fraction of sp³-hybridized carbons (Fsp3) is 0.438. The number of nitrogens with zero attached hydrogens (tertiary/aromatic N) is 4. The van der Waals surface area contributed by atoms with E-state index in [1.807, 2.05) is 28.9 Å². The molecule has 1 heterocycles. The highest BCUT2D eigenvalue weighted by molar-refractivity contribution is 6.30. The van der Waals surface area contributed by atoms with Crippen LogP contribution in [0.3, 0.4) is 0 Å². The van der Waals surface area contributed by atoms with Gasteiger partial charge in [0.05, 0.1) is 12.0 Å². The van der Waals surface area contributed by atoms with Crippen molar-refractivity contribution in [1.82, 2.24) is 14.8 Å². The predicted octanol–water partition coefficient (Wildman–Crippen LogP) is 3.98. The Labute approximate surface area is 130 Å². The van der Waals surface area contributed by atoms with Crippen molar-refractivity contribution < 1.29 is 0 Å². The number of unbranched alkanes of at least 4 members (excludes halogenated alkanes) is 1. The van der Waals surface area contributed by atoms with Gasteiger partial charge in [-0.3, -0.25) is 4.68 Å². The van der Waals surface area contributed by atoms with Gasteiger partial charge in [-0.25, -0.2) is 11.6 Å². The van der Waals surface area contributed by atoms with E-state index in [-0.39, 0.29) is 5.41 Å². The first-order valence-corrected chi connectivity index (χ1v) is 7.49. The minimum absolute atomic E-state index is 0.240. The van der Waals surface area contributed by atoms with Gasteiger partial charge in [0.2, 0.25) is 6.54 Å². The Morgan fingerprint density at radius 1 is 1.33 bits per heavy atom. The van der Waals surface area contributed by atoms with Crippen molar-refractivity contribution in [3.8, 4) is 0 Å². The van der Waals surface area contributed by atoms with Crippen LogP contribution >= 0.6 is 11.6 Å². The molecule has 0 bridgehead atoms. The second kappa shape index (κ2) is 7.24. The van der Waals surface area contributed by atoms with Gasteiger partial charge in [0.25, 0.3) is 0 Å². The number of aromatic nitrogens is 3. The van der Waals surface area contributed by atoms with E-state index in [1.54, 1.807) is 6.33 Å². The normalized spacial score (nSPS) is 13.6. The molecule has 0 saturated carbocycles. The molecule has 0 radical (unpaired) electrons. The molecule has 1 atom stereocenters. The van der Waals surface area contributed by atoms with Crippen molar-refractivity contribution in [1.29, 1.82) is 0 Å². The van der Waals surface area contributed by atoms with E-state index in [0.29, 0.717) is 18.1 Å². The second-order valence-electron chi connectivity index (χ2n) is 5.30. The molecule has 21 heavy (non-hydrogen) atoms. The van der Waals surface area contributed by atoms with Gasteiger partial charge in [0.1, 0.15) is 12.7 Å². The van der Waals surface area contributed by atoms with Crippen LogP contribution in [0.25, 0.3) is 4.85 Å². The minimum Gasteiger partial charge on any atom is -0.316 e.